The van der Waals surface area contributed by atoms with E-state index in [1.165, 1.54) is 11.0 Å². The van der Waals surface area contributed by atoms with Gasteiger partial charge < -0.3 is 10.2 Å². The lowest BCUT2D eigenvalue weighted by Crippen LogP contribution is -2.53. The Balaban J connectivity index is 1.91. The Morgan fingerprint density at radius 1 is 1.06 bits per heavy atom. The number of hydrogen-bond acceptors (Lipinski definition) is 4. The first kappa shape index (κ1) is 27.3. The molecule has 1 aliphatic rings. The normalized spacial score (nSPS) is 15.0. The lowest BCUT2D eigenvalue weighted by atomic mass is 10.1. The van der Waals surface area contributed by atoms with E-state index in [1.807, 2.05) is 6.92 Å². The fraction of sp³-hybridized carbons (Fsp3) is 0.440. The first-order valence-electron chi connectivity index (χ1n) is 11.7. The van der Waals surface area contributed by atoms with Gasteiger partial charge in [0.15, 0.2) is 0 Å². The molecule has 1 unspecified atom stereocenters. The van der Waals surface area contributed by atoms with Crippen LogP contribution in [0.3, 0.4) is 0 Å². The summed E-state index contributed by atoms with van der Waals surface area (Å²) >= 11 is 12.1. The van der Waals surface area contributed by atoms with E-state index in [0.29, 0.717) is 16.5 Å². The van der Waals surface area contributed by atoms with E-state index in [1.54, 1.807) is 42.5 Å². The highest BCUT2D eigenvalue weighted by molar-refractivity contribution is 7.92. The molecule has 1 N–H and O–H groups in total. The molecule has 1 aliphatic carbocycles. The molecular weight excluding hydrogens is 509 g/mol. The van der Waals surface area contributed by atoms with Gasteiger partial charge in [0.1, 0.15) is 12.6 Å². The monoisotopic (exact) mass is 539 g/mol. The highest BCUT2D eigenvalue weighted by Gasteiger charge is 2.33. The third-order valence-corrected chi connectivity index (χ3v) is 7.76. The fourth-order valence-corrected chi connectivity index (χ4v) is 5.47. The van der Waals surface area contributed by atoms with E-state index in [4.69, 9.17) is 23.2 Å². The van der Waals surface area contributed by atoms with E-state index in [-0.39, 0.29) is 24.2 Å². The Morgan fingerprint density at radius 3 is 2.29 bits per heavy atom. The SMILES string of the molecule is CCC(C(=O)NC1CCCC1)N(Cc1ccc(Cl)cc1)C(=O)CN(c1cccc(Cl)c1)S(C)(=O)=O. The van der Waals surface area contributed by atoms with Crippen LogP contribution >= 0.6 is 23.2 Å². The van der Waals surface area contributed by atoms with Crippen molar-refractivity contribution < 1.29 is 18.0 Å². The number of nitrogens with one attached hydrogen (secondary N) is 1. The van der Waals surface area contributed by atoms with Crippen molar-refractivity contribution in [2.45, 2.75) is 57.7 Å². The van der Waals surface area contributed by atoms with E-state index in [0.717, 1.165) is 41.8 Å². The minimum absolute atomic E-state index is 0.100. The standard InChI is InChI=1S/C25H31Cl2N3O4S/c1-3-23(25(32)28-21-8-4-5-9-21)29(16-18-11-13-19(26)14-12-18)24(31)17-30(35(2,33)34)22-10-6-7-20(27)15-22/h6-7,10-15,21,23H,3-5,8-9,16-17H2,1-2H3,(H,28,32). The smallest absolute Gasteiger partial charge is 0.244 e. The van der Waals surface area contributed by atoms with Crippen molar-refractivity contribution in [3.8, 4) is 0 Å². The first-order chi connectivity index (χ1) is 16.6. The molecule has 0 radical (unpaired) electrons. The number of carbonyl (C=O) groups excluding carboxylic acids is 2. The van der Waals surface area contributed by atoms with Gasteiger partial charge in [0, 0.05) is 22.6 Å². The van der Waals surface area contributed by atoms with Gasteiger partial charge in [-0.1, -0.05) is 61.2 Å². The van der Waals surface area contributed by atoms with Gasteiger partial charge in [0.25, 0.3) is 0 Å². The van der Waals surface area contributed by atoms with Crippen LogP contribution < -0.4 is 9.62 Å². The van der Waals surface area contributed by atoms with Crippen LogP contribution in [0.15, 0.2) is 48.5 Å². The number of halogens is 2. The Labute approximate surface area is 217 Å². The number of nitrogens with zero attached hydrogens (tertiary/aromatic N) is 2. The maximum atomic E-state index is 13.7. The zero-order chi connectivity index (χ0) is 25.6. The van der Waals surface area contributed by atoms with Gasteiger partial charge >= 0.3 is 0 Å². The second-order valence-corrected chi connectivity index (χ2v) is 11.6. The van der Waals surface area contributed by atoms with Gasteiger partial charge in [-0.25, -0.2) is 8.42 Å². The number of carbonyl (C=O) groups is 2. The molecule has 0 heterocycles. The Hall–Kier alpha value is -2.29. The van der Waals surface area contributed by atoms with E-state index in [2.05, 4.69) is 5.32 Å². The van der Waals surface area contributed by atoms with Crippen molar-refractivity contribution in [2.24, 2.45) is 0 Å². The Morgan fingerprint density at radius 2 is 1.71 bits per heavy atom. The van der Waals surface area contributed by atoms with Crippen molar-refractivity contribution in [1.29, 1.82) is 0 Å². The van der Waals surface area contributed by atoms with Crippen LogP contribution in [0.25, 0.3) is 0 Å². The molecule has 10 heteroatoms. The molecule has 0 saturated heterocycles. The summed E-state index contributed by atoms with van der Waals surface area (Å²) in [7, 11) is -3.80. The van der Waals surface area contributed by atoms with Gasteiger partial charge in [-0.2, -0.15) is 0 Å². The average molecular weight is 541 g/mol. The summed E-state index contributed by atoms with van der Waals surface area (Å²) < 4.78 is 26.2. The molecule has 7 nitrogen and oxygen atoms in total. The lowest BCUT2D eigenvalue weighted by molar-refractivity contribution is -0.140. The highest BCUT2D eigenvalue weighted by Crippen LogP contribution is 2.24. The number of hydrogen-bond donors (Lipinski definition) is 1. The van der Waals surface area contributed by atoms with Crippen LogP contribution in [0.2, 0.25) is 10.0 Å². The van der Waals surface area contributed by atoms with Crippen LogP contribution in [-0.4, -0.2) is 50.0 Å². The molecule has 1 saturated carbocycles. The molecule has 0 aromatic heterocycles. The largest absolute Gasteiger partial charge is 0.352 e. The van der Waals surface area contributed by atoms with Crippen LogP contribution in [0.5, 0.6) is 0 Å². The zero-order valence-electron chi connectivity index (χ0n) is 19.9. The zero-order valence-corrected chi connectivity index (χ0v) is 22.2. The number of rotatable bonds is 10. The molecule has 1 fully saturated rings. The molecular formula is C25H31Cl2N3O4S. The number of anilines is 1. The van der Waals surface area contributed by atoms with Crippen LogP contribution in [0.4, 0.5) is 5.69 Å². The summed E-state index contributed by atoms with van der Waals surface area (Å²) in [5, 5.41) is 3.99. The van der Waals surface area contributed by atoms with Crippen LogP contribution in [0.1, 0.15) is 44.6 Å². The summed E-state index contributed by atoms with van der Waals surface area (Å²) in [5.41, 5.74) is 1.06. The minimum Gasteiger partial charge on any atom is -0.352 e. The number of benzene rings is 2. The molecule has 2 aromatic carbocycles. The van der Waals surface area contributed by atoms with Crippen molar-refractivity contribution in [1.82, 2.24) is 10.2 Å². The fourth-order valence-electron chi connectivity index (χ4n) is 4.32. The predicted molar refractivity (Wildman–Crippen MR) is 140 cm³/mol. The highest BCUT2D eigenvalue weighted by atomic mass is 35.5. The van der Waals surface area contributed by atoms with E-state index < -0.39 is 28.5 Å². The third-order valence-electron chi connectivity index (χ3n) is 6.13. The summed E-state index contributed by atoms with van der Waals surface area (Å²) in [6, 6.07) is 12.7. The third kappa shape index (κ3) is 7.59. The summed E-state index contributed by atoms with van der Waals surface area (Å²) in [4.78, 5) is 28.3. The van der Waals surface area contributed by atoms with Gasteiger partial charge in [0.2, 0.25) is 21.8 Å². The predicted octanol–water partition coefficient (Wildman–Crippen LogP) is 4.63. The molecule has 0 bridgehead atoms. The van der Waals surface area contributed by atoms with Gasteiger partial charge in [-0.3, -0.25) is 13.9 Å². The van der Waals surface area contributed by atoms with Crippen molar-refractivity contribution in [3.05, 3.63) is 64.1 Å². The van der Waals surface area contributed by atoms with Gasteiger partial charge in [-0.05, 0) is 55.2 Å². The van der Waals surface area contributed by atoms with Crippen molar-refractivity contribution >= 4 is 50.7 Å². The second-order valence-electron chi connectivity index (χ2n) is 8.81. The molecule has 190 valence electrons. The van der Waals surface area contributed by atoms with Crippen LogP contribution in [0, 0.1) is 0 Å². The molecule has 1 atom stereocenters. The molecule has 3 rings (SSSR count). The summed E-state index contributed by atoms with van der Waals surface area (Å²) in [6.07, 6.45) is 5.40. The first-order valence-corrected chi connectivity index (χ1v) is 14.3. The molecule has 0 spiro atoms. The molecule has 2 amide bonds. The van der Waals surface area contributed by atoms with E-state index >= 15 is 0 Å². The summed E-state index contributed by atoms with van der Waals surface area (Å²) in [5.74, 6) is -0.714. The average Bonchev–Trinajstić information content (AvgIpc) is 3.30. The second kappa shape index (κ2) is 12.1. The lowest BCUT2D eigenvalue weighted by Gasteiger charge is -2.33. The maximum Gasteiger partial charge on any atom is 0.244 e. The molecule has 2 aromatic rings. The topological polar surface area (TPSA) is 86.8 Å². The van der Waals surface area contributed by atoms with Crippen molar-refractivity contribution in [3.63, 3.8) is 0 Å². The maximum absolute atomic E-state index is 13.7. The van der Waals surface area contributed by atoms with Gasteiger partial charge in [0.05, 0.1) is 11.9 Å². The number of amides is 2. The van der Waals surface area contributed by atoms with E-state index in [9.17, 15) is 18.0 Å². The van der Waals surface area contributed by atoms with Gasteiger partial charge in [-0.15, -0.1) is 0 Å². The van der Waals surface area contributed by atoms with Crippen LogP contribution in [-0.2, 0) is 26.2 Å². The van der Waals surface area contributed by atoms with Crippen molar-refractivity contribution in [2.75, 3.05) is 17.1 Å². The molecule has 0 aliphatic heterocycles. The Bertz CT molecular complexity index is 1140. The number of sulfonamides is 1. The molecule has 35 heavy (non-hydrogen) atoms. The quantitative estimate of drug-likeness (QED) is 0.476. The Kier molecular flexibility index (Phi) is 9.44. The summed E-state index contributed by atoms with van der Waals surface area (Å²) in [6.45, 7) is 1.52. The minimum atomic E-state index is -3.80.